The third-order valence-electron chi connectivity index (χ3n) is 3.97. The van der Waals surface area contributed by atoms with E-state index in [0.717, 1.165) is 0 Å². The molecule has 6 nitrogen and oxygen atoms in total. The second kappa shape index (κ2) is 7.89. The van der Waals surface area contributed by atoms with Gasteiger partial charge in [0.05, 0.1) is 5.02 Å². The molecule has 3 rings (SSSR count). The fraction of sp³-hybridized carbons (Fsp3) is 0.353. The Labute approximate surface area is 156 Å². The Morgan fingerprint density at radius 3 is 2.52 bits per heavy atom. The third kappa shape index (κ3) is 4.32. The standard InChI is InChI=1S/C17H18Cl2N4O2/c1-12(25-15-11-13(18)3-4-14(15)19)16(24)22-7-9-23(10-8-22)17-20-5-2-6-21-17/h2-6,11-12H,7-10H2,1H3/t12-/m1/s1. The van der Waals surface area contributed by atoms with Gasteiger partial charge in [0, 0.05) is 49.7 Å². The quantitative estimate of drug-likeness (QED) is 0.815. The maximum absolute atomic E-state index is 12.6. The first-order chi connectivity index (χ1) is 12.0. The molecule has 2 aromatic rings. The molecule has 1 aromatic heterocycles. The number of carbonyl (C=O) groups is 1. The molecule has 132 valence electrons. The van der Waals surface area contributed by atoms with E-state index >= 15 is 0 Å². The molecule has 2 heterocycles. The minimum absolute atomic E-state index is 0.0790. The SMILES string of the molecule is C[C@@H](Oc1cc(Cl)ccc1Cl)C(=O)N1CCN(c2ncccn2)CC1. The fourth-order valence-corrected chi connectivity index (χ4v) is 2.97. The molecule has 1 amide bonds. The summed E-state index contributed by atoms with van der Waals surface area (Å²) in [7, 11) is 0. The summed E-state index contributed by atoms with van der Waals surface area (Å²) in [6.45, 7) is 4.26. The summed E-state index contributed by atoms with van der Waals surface area (Å²) in [5.74, 6) is 1.01. The van der Waals surface area contributed by atoms with Gasteiger partial charge in [0.1, 0.15) is 5.75 Å². The van der Waals surface area contributed by atoms with Crippen molar-refractivity contribution in [2.24, 2.45) is 0 Å². The molecule has 0 bridgehead atoms. The second-order valence-corrected chi connectivity index (χ2v) is 6.54. The smallest absolute Gasteiger partial charge is 0.263 e. The van der Waals surface area contributed by atoms with Crippen molar-refractivity contribution in [3.05, 3.63) is 46.7 Å². The van der Waals surface area contributed by atoms with Crippen LogP contribution in [0.4, 0.5) is 5.95 Å². The molecule has 25 heavy (non-hydrogen) atoms. The first-order valence-corrected chi connectivity index (χ1v) is 8.72. The first-order valence-electron chi connectivity index (χ1n) is 7.97. The Kier molecular flexibility index (Phi) is 5.60. The van der Waals surface area contributed by atoms with Crippen LogP contribution in [0.2, 0.25) is 10.0 Å². The largest absolute Gasteiger partial charge is 0.479 e. The molecule has 0 N–H and O–H groups in total. The van der Waals surface area contributed by atoms with Gasteiger partial charge in [-0.2, -0.15) is 0 Å². The van der Waals surface area contributed by atoms with Crippen LogP contribution in [0.25, 0.3) is 0 Å². The van der Waals surface area contributed by atoms with E-state index in [0.29, 0.717) is 47.9 Å². The van der Waals surface area contributed by atoms with Crippen molar-refractivity contribution in [2.75, 3.05) is 31.1 Å². The van der Waals surface area contributed by atoms with Crippen molar-refractivity contribution in [3.63, 3.8) is 0 Å². The lowest BCUT2D eigenvalue weighted by molar-refractivity contribution is -0.138. The molecular weight excluding hydrogens is 363 g/mol. The maximum atomic E-state index is 12.6. The van der Waals surface area contributed by atoms with Gasteiger partial charge < -0.3 is 14.5 Å². The van der Waals surface area contributed by atoms with E-state index in [9.17, 15) is 4.79 Å². The minimum Gasteiger partial charge on any atom is -0.479 e. The molecule has 1 atom stereocenters. The number of amides is 1. The minimum atomic E-state index is -0.643. The molecule has 1 fully saturated rings. The molecule has 0 unspecified atom stereocenters. The van der Waals surface area contributed by atoms with Gasteiger partial charge in [0.15, 0.2) is 6.10 Å². The molecule has 0 aliphatic carbocycles. The average molecular weight is 381 g/mol. The van der Waals surface area contributed by atoms with E-state index in [1.54, 1.807) is 48.5 Å². The summed E-state index contributed by atoms with van der Waals surface area (Å²) in [5.41, 5.74) is 0. The zero-order valence-corrected chi connectivity index (χ0v) is 15.2. The molecule has 1 aromatic carbocycles. The number of hydrogen-bond donors (Lipinski definition) is 0. The van der Waals surface area contributed by atoms with Crippen LogP contribution in [0.1, 0.15) is 6.92 Å². The number of piperazine rings is 1. The monoisotopic (exact) mass is 380 g/mol. The highest BCUT2D eigenvalue weighted by Crippen LogP contribution is 2.28. The zero-order chi connectivity index (χ0) is 17.8. The van der Waals surface area contributed by atoms with Crippen LogP contribution in [0.15, 0.2) is 36.7 Å². The van der Waals surface area contributed by atoms with Gasteiger partial charge in [0.2, 0.25) is 5.95 Å². The van der Waals surface area contributed by atoms with Gasteiger partial charge in [-0.3, -0.25) is 4.79 Å². The highest BCUT2D eigenvalue weighted by molar-refractivity contribution is 6.34. The van der Waals surface area contributed by atoms with Gasteiger partial charge in [-0.05, 0) is 25.1 Å². The Morgan fingerprint density at radius 2 is 1.84 bits per heavy atom. The van der Waals surface area contributed by atoms with Gasteiger partial charge in [0.25, 0.3) is 5.91 Å². The summed E-state index contributed by atoms with van der Waals surface area (Å²) < 4.78 is 5.71. The number of anilines is 1. The van der Waals surface area contributed by atoms with Crippen LogP contribution < -0.4 is 9.64 Å². The van der Waals surface area contributed by atoms with Crippen LogP contribution in [-0.2, 0) is 4.79 Å². The average Bonchev–Trinajstić information content (AvgIpc) is 2.65. The van der Waals surface area contributed by atoms with E-state index in [-0.39, 0.29) is 5.91 Å². The Balaban J connectivity index is 1.57. The Bertz CT molecular complexity index is 737. The number of aromatic nitrogens is 2. The Hall–Kier alpha value is -2.05. The molecule has 8 heteroatoms. The molecule has 1 aliphatic rings. The summed E-state index contributed by atoms with van der Waals surface area (Å²) in [5, 5.41) is 0.936. The number of rotatable bonds is 4. The van der Waals surface area contributed by atoms with Gasteiger partial charge in [-0.25, -0.2) is 9.97 Å². The van der Waals surface area contributed by atoms with Crippen LogP contribution in [0.5, 0.6) is 5.75 Å². The molecule has 0 saturated carbocycles. The lowest BCUT2D eigenvalue weighted by Gasteiger charge is -2.35. The predicted molar refractivity (Wildman–Crippen MR) is 97.4 cm³/mol. The second-order valence-electron chi connectivity index (χ2n) is 5.70. The lowest BCUT2D eigenvalue weighted by atomic mass is 10.2. The highest BCUT2D eigenvalue weighted by Gasteiger charge is 2.27. The summed E-state index contributed by atoms with van der Waals surface area (Å²) in [4.78, 5) is 24.9. The summed E-state index contributed by atoms with van der Waals surface area (Å²) in [6.07, 6.45) is 2.78. The van der Waals surface area contributed by atoms with Gasteiger partial charge in [-0.1, -0.05) is 23.2 Å². The molecular formula is C17H18Cl2N4O2. The van der Waals surface area contributed by atoms with Crippen molar-refractivity contribution in [2.45, 2.75) is 13.0 Å². The van der Waals surface area contributed by atoms with Gasteiger partial charge >= 0.3 is 0 Å². The number of hydrogen-bond acceptors (Lipinski definition) is 5. The van der Waals surface area contributed by atoms with Crippen molar-refractivity contribution in [3.8, 4) is 5.75 Å². The number of benzene rings is 1. The van der Waals surface area contributed by atoms with Crippen molar-refractivity contribution in [1.82, 2.24) is 14.9 Å². The highest BCUT2D eigenvalue weighted by atomic mass is 35.5. The predicted octanol–water partition coefficient (Wildman–Crippen LogP) is 2.90. The molecule has 1 aliphatic heterocycles. The van der Waals surface area contributed by atoms with Crippen molar-refractivity contribution >= 4 is 35.1 Å². The van der Waals surface area contributed by atoms with Crippen molar-refractivity contribution in [1.29, 1.82) is 0 Å². The summed E-state index contributed by atoms with van der Waals surface area (Å²) >= 11 is 12.0. The number of nitrogens with zero attached hydrogens (tertiary/aromatic N) is 4. The number of carbonyl (C=O) groups excluding carboxylic acids is 1. The van der Waals surface area contributed by atoms with Crippen LogP contribution in [-0.4, -0.2) is 53.1 Å². The normalized spacial score (nSPS) is 15.8. The van der Waals surface area contributed by atoms with Crippen molar-refractivity contribution < 1.29 is 9.53 Å². The summed E-state index contributed by atoms with van der Waals surface area (Å²) in [6, 6.07) is 6.71. The Morgan fingerprint density at radius 1 is 1.16 bits per heavy atom. The lowest BCUT2D eigenvalue weighted by Crippen LogP contribution is -2.52. The number of halogens is 2. The topological polar surface area (TPSA) is 58.6 Å². The van der Waals surface area contributed by atoms with Crippen LogP contribution in [0.3, 0.4) is 0 Å². The molecule has 1 saturated heterocycles. The van der Waals surface area contributed by atoms with Gasteiger partial charge in [-0.15, -0.1) is 0 Å². The van der Waals surface area contributed by atoms with E-state index in [2.05, 4.69) is 14.9 Å². The molecule has 0 radical (unpaired) electrons. The maximum Gasteiger partial charge on any atom is 0.263 e. The first kappa shape index (κ1) is 17.8. The zero-order valence-electron chi connectivity index (χ0n) is 13.7. The third-order valence-corrected chi connectivity index (χ3v) is 4.52. The van der Waals surface area contributed by atoms with E-state index in [4.69, 9.17) is 27.9 Å². The van der Waals surface area contributed by atoms with E-state index < -0.39 is 6.10 Å². The van der Waals surface area contributed by atoms with E-state index in [1.807, 2.05) is 0 Å². The van der Waals surface area contributed by atoms with Crippen LogP contribution in [0, 0.1) is 0 Å². The van der Waals surface area contributed by atoms with E-state index in [1.165, 1.54) is 0 Å². The fourth-order valence-electron chi connectivity index (χ4n) is 2.65. The van der Waals surface area contributed by atoms with Crippen LogP contribution >= 0.6 is 23.2 Å². The molecule has 0 spiro atoms. The number of ether oxygens (including phenoxy) is 1.